The third-order valence-electron chi connectivity index (χ3n) is 4.45. The van der Waals surface area contributed by atoms with Crippen LogP contribution in [-0.2, 0) is 6.61 Å². The Morgan fingerprint density at radius 2 is 1.52 bits per heavy atom. The highest BCUT2D eigenvalue weighted by atomic mass is 19.1. The fourth-order valence-corrected chi connectivity index (χ4v) is 2.90. The predicted octanol–water partition coefficient (Wildman–Crippen LogP) is 4.70. The van der Waals surface area contributed by atoms with E-state index in [1.54, 1.807) is 30.3 Å². The highest BCUT2D eigenvalue weighted by Gasteiger charge is 2.22. The molecule has 0 aliphatic rings. The van der Waals surface area contributed by atoms with E-state index in [1.807, 2.05) is 30.3 Å². The van der Waals surface area contributed by atoms with Gasteiger partial charge in [-0.05, 0) is 29.8 Å². The fourth-order valence-electron chi connectivity index (χ4n) is 2.90. The van der Waals surface area contributed by atoms with E-state index in [4.69, 9.17) is 14.2 Å². The van der Waals surface area contributed by atoms with Crippen LogP contribution in [0, 0.1) is 5.82 Å². The number of amides is 1. The first-order chi connectivity index (χ1) is 14.0. The molecule has 6 heteroatoms. The first-order valence-electron chi connectivity index (χ1n) is 9.00. The summed E-state index contributed by atoms with van der Waals surface area (Å²) in [4.78, 5) is 14.2. The van der Waals surface area contributed by atoms with Crippen molar-refractivity contribution in [3.05, 3.63) is 83.7 Å². The summed E-state index contributed by atoms with van der Waals surface area (Å²) in [5.74, 6) is 0.214. The maximum absolute atomic E-state index is 14.1. The second-order valence-electron chi connectivity index (χ2n) is 6.30. The Bertz CT molecular complexity index is 966. The minimum Gasteiger partial charge on any atom is -0.493 e. The van der Waals surface area contributed by atoms with Gasteiger partial charge in [0.25, 0.3) is 5.91 Å². The molecular weight excluding hydrogens is 373 g/mol. The van der Waals surface area contributed by atoms with Crippen LogP contribution in [0.15, 0.2) is 66.7 Å². The van der Waals surface area contributed by atoms with Crippen molar-refractivity contribution in [2.45, 2.75) is 6.61 Å². The molecule has 0 aromatic heterocycles. The Hall–Kier alpha value is -3.54. The van der Waals surface area contributed by atoms with E-state index in [0.29, 0.717) is 23.9 Å². The Balaban J connectivity index is 1.90. The van der Waals surface area contributed by atoms with Crippen molar-refractivity contribution in [1.29, 1.82) is 0 Å². The molecule has 0 heterocycles. The lowest BCUT2D eigenvalue weighted by molar-refractivity contribution is 0.0991. The zero-order valence-corrected chi connectivity index (χ0v) is 16.5. The summed E-state index contributed by atoms with van der Waals surface area (Å²) in [6.45, 7) is 0.315. The van der Waals surface area contributed by atoms with E-state index in [1.165, 1.54) is 32.2 Å². The number of rotatable bonds is 7. The SMILES string of the molecule is COc1cc(C(=O)N(C)c2ccccc2F)cc(OC)c1OCc1ccccc1. The summed E-state index contributed by atoms with van der Waals surface area (Å²) in [6.07, 6.45) is 0. The van der Waals surface area contributed by atoms with Crippen LogP contribution >= 0.6 is 0 Å². The number of hydrogen-bond donors (Lipinski definition) is 0. The number of ether oxygens (including phenoxy) is 3. The number of carbonyl (C=O) groups excluding carboxylic acids is 1. The van der Waals surface area contributed by atoms with Crippen LogP contribution in [-0.4, -0.2) is 27.2 Å². The minimum absolute atomic E-state index is 0.180. The highest BCUT2D eigenvalue weighted by Crippen LogP contribution is 2.39. The molecule has 0 unspecified atom stereocenters. The van der Waals surface area contributed by atoms with Gasteiger partial charge in [-0.15, -0.1) is 0 Å². The van der Waals surface area contributed by atoms with Crippen LogP contribution in [0.4, 0.5) is 10.1 Å². The van der Waals surface area contributed by atoms with Crippen molar-refractivity contribution in [1.82, 2.24) is 0 Å². The van der Waals surface area contributed by atoms with Gasteiger partial charge in [-0.25, -0.2) is 4.39 Å². The number of anilines is 1. The Labute approximate surface area is 169 Å². The zero-order chi connectivity index (χ0) is 20.8. The predicted molar refractivity (Wildman–Crippen MR) is 109 cm³/mol. The monoisotopic (exact) mass is 395 g/mol. The van der Waals surface area contributed by atoms with E-state index in [9.17, 15) is 9.18 Å². The van der Waals surface area contributed by atoms with Crippen molar-refractivity contribution in [3.8, 4) is 17.2 Å². The van der Waals surface area contributed by atoms with Gasteiger partial charge in [0.15, 0.2) is 11.5 Å². The maximum Gasteiger partial charge on any atom is 0.258 e. The summed E-state index contributed by atoms with van der Waals surface area (Å²) >= 11 is 0. The summed E-state index contributed by atoms with van der Waals surface area (Å²) in [5.41, 5.74) is 1.45. The highest BCUT2D eigenvalue weighted by molar-refractivity contribution is 6.06. The topological polar surface area (TPSA) is 48.0 Å². The average Bonchev–Trinajstić information content (AvgIpc) is 2.77. The third kappa shape index (κ3) is 4.48. The molecule has 29 heavy (non-hydrogen) atoms. The van der Waals surface area contributed by atoms with Crippen molar-refractivity contribution >= 4 is 11.6 Å². The van der Waals surface area contributed by atoms with E-state index in [2.05, 4.69) is 0 Å². The van der Waals surface area contributed by atoms with E-state index < -0.39 is 11.7 Å². The molecule has 0 spiro atoms. The molecule has 5 nitrogen and oxygen atoms in total. The normalized spacial score (nSPS) is 10.3. The Kier molecular flexibility index (Phi) is 6.34. The summed E-state index contributed by atoms with van der Waals surface area (Å²) < 4.78 is 30.8. The second-order valence-corrected chi connectivity index (χ2v) is 6.30. The summed E-state index contributed by atoms with van der Waals surface area (Å²) in [7, 11) is 4.48. The second kappa shape index (κ2) is 9.10. The van der Waals surface area contributed by atoms with Crippen LogP contribution in [0.5, 0.6) is 17.2 Å². The van der Waals surface area contributed by atoms with Crippen molar-refractivity contribution in [3.63, 3.8) is 0 Å². The van der Waals surface area contributed by atoms with Crippen molar-refractivity contribution in [2.75, 3.05) is 26.2 Å². The fraction of sp³-hybridized carbons (Fsp3) is 0.174. The number of hydrogen-bond acceptors (Lipinski definition) is 4. The van der Waals surface area contributed by atoms with Crippen molar-refractivity contribution in [2.24, 2.45) is 0 Å². The minimum atomic E-state index is -0.481. The van der Waals surface area contributed by atoms with E-state index in [-0.39, 0.29) is 11.3 Å². The lowest BCUT2D eigenvalue weighted by Gasteiger charge is -2.20. The molecule has 0 saturated heterocycles. The van der Waals surface area contributed by atoms with Gasteiger partial charge in [-0.2, -0.15) is 0 Å². The van der Waals surface area contributed by atoms with Gasteiger partial charge in [0, 0.05) is 12.6 Å². The summed E-state index contributed by atoms with van der Waals surface area (Å²) in [6, 6.07) is 18.9. The van der Waals surface area contributed by atoms with Crippen LogP contribution in [0.25, 0.3) is 0 Å². The quantitative estimate of drug-likeness (QED) is 0.582. The van der Waals surface area contributed by atoms with Gasteiger partial charge in [-0.1, -0.05) is 42.5 Å². The van der Waals surface area contributed by atoms with E-state index in [0.717, 1.165) is 5.56 Å². The van der Waals surface area contributed by atoms with Gasteiger partial charge in [0.1, 0.15) is 12.4 Å². The van der Waals surface area contributed by atoms with Crippen LogP contribution in [0.2, 0.25) is 0 Å². The Morgan fingerprint density at radius 1 is 0.931 bits per heavy atom. The zero-order valence-electron chi connectivity index (χ0n) is 16.5. The molecule has 0 radical (unpaired) electrons. The molecule has 0 fully saturated rings. The number of carbonyl (C=O) groups is 1. The largest absolute Gasteiger partial charge is 0.493 e. The number of halogens is 1. The average molecular weight is 395 g/mol. The number of nitrogens with zero attached hydrogens (tertiary/aromatic N) is 1. The first-order valence-corrected chi connectivity index (χ1v) is 9.00. The lowest BCUT2D eigenvalue weighted by Crippen LogP contribution is -2.27. The van der Waals surface area contributed by atoms with Gasteiger partial charge >= 0.3 is 0 Å². The van der Waals surface area contributed by atoms with Gasteiger partial charge in [-0.3, -0.25) is 4.79 Å². The number of methoxy groups -OCH3 is 2. The van der Waals surface area contributed by atoms with Gasteiger partial charge in [0.05, 0.1) is 19.9 Å². The first kappa shape index (κ1) is 20.2. The molecule has 0 aliphatic heterocycles. The van der Waals surface area contributed by atoms with Crippen LogP contribution in [0.3, 0.4) is 0 Å². The van der Waals surface area contributed by atoms with E-state index >= 15 is 0 Å². The molecular formula is C23H22FNO4. The van der Waals surface area contributed by atoms with Crippen LogP contribution in [0.1, 0.15) is 15.9 Å². The van der Waals surface area contributed by atoms with Crippen LogP contribution < -0.4 is 19.1 Å². The smallest absolute Gasteiger partial charge is 0.258 e. The molecule has 3 aromatic carbocycles. The number of para-hydroxylation sites is 1. The molecule has 3 rings (SSSR count). The molecule has 0 aliphatic carbocycles. The molecule has 0 saturated carbocycles. The molecule has 0 bridgehead atoms. The number of benzene rings is 3. The maximum atomic E-state index is 14.1. The molecule has 0 N–H and O–H groups in total. The molecule has 0 atom stereocenters. The Morgan fingerprint density at radius 3 is 2.10 bits per heavy atom. The summed E-state index contributed by atoms with van der Waals surface area (Å²) in [5, 5.41) is 0. The molecule has 3 aromatic rings. The lowest BCUT2D eigenvalue weighted by atomic mass is 10.1. The standard InChI is InChI=1S/C23H22FNO4/c1-25(19-12-8-7-11-18(19)24)23(26)17-13-20(27-2)22(21(14-17)28-3)29-15-16-9-5-4-6-10-16/h4-14H,15H2,1-3H3. The molecule has 1 amide bonds. The third-order valence-corrected chi connectivity index (χ3v) is 4.45. The molecule has 150 valence electrons. The van der Waals surface area contributed by atoms with Gasteiger partial charge < -0.3 is 19.1 Å². The van der Waals surface area contributed by atoms with Crippen molar-refractivity contribution < 1.29 is 23.4 Å². The van der Waals surface area contributed by atoms with Gasteiger partial charge in [0.2, 0.25) is 5.75 Å².